The normalized spacial score (nSPS) is 10.5. The molecule has 0 aliphatic heterocycles. The molecule has 0 spiro atoms. The van der Waals surface area contributed by atoms with Crippen LogP contribution in [0.15, 0.2) is 24.3 Å². The molecule has 0 atom stereocenters. The van der Waals surface area contributed by atoms with Crippen molar-refractivity contribution in [1.82, 2.24) is 15.0 Å². The summed E-state index contributed by atoms with van der Waals surface area (Å²) in [7, 11) is 0. The third kappa shape index (κ3) is 2.31. The molecule has 0 unspecified atom stereocenters. The zero-order valence-electron chi connectivity index (χ0n) is 9.22. The first kappa shape index (κ1) is 11.7. The summed E-state index contributed by atoms with van der Waals surface area (Å²) in [6.45, 7) is 2.11. The molecule has 1 heterocycles. The minimum Gasteiger partial charge on any atom is -0.388 e. The molecule has 0 saturated carbocycles. The van der Waals surface area contributed by atoms with E-state index in [4.69, 9.17) is 18.0 Å². The predicted octanol–water partition coefficient (Wildman–Crippen LogP) is 1.41. The van der Waals surface area contributed by atoms with E-state index in [1.54, 1.807) is 29.8 Å². The smallest absolute Gasteiger partial charge is 0.142 e. The van der Waals surface area contributed by atoms with E-state index >= 15 is 0 Å². The highest BCUT2D eigenvalue weighted by molar-refractivity contribution is 7.80. The van der Waals surface area contributed by atoms with Gasteiger partial charge < -0.3 is 5.73 Å². The molecule has 0 aliphatic rings. The molecule has 0 saturated heterocycles. The molecule has 4 nitrogen and oxygen atoms in total. The first-order valence-electron chi connectivity index (χ1n) is 5.03. The van der Waals surface area contributed by atoms with Gasteiger partial charge in [0.2, 0.25) is 0 Å². The van der Waals surface area contributed by atoms with Crippen LogP contribution in [-0.4, -0.2) is 20.0 Å². The Morgan fingerprint density at radius 2 is 2.18 bits per heavy atom. The molecule has 88 valence electrons. The fourth-order valence-corrected chi connectivity index (χ4v) is 1.71. The molecular weight excluding hydrogens is 239 g/mol. The topological polar surface area (TPSA) is 56.7 Å². The number of nitrogens with two attached hydrogens (primary N) is 1. The molecule has 1 aromatic carbocycles. The van der Waals surface area contributed by atoms with Crippen LogP contribution in [0.4, 0.5) is 4.39 Å². The monoisotopic (exact) mass is 250 g/mol. The lowest BCUT2D eigenvalue weighted by atomic mass is 10.2. The van der Waals surface area contributed by atoms with Crippen LogP contribution in [0, 0.1) is 12.7 Å². The van der Waals surface area contributed by atoms with Crippen LogP contribution in [0.5, 0.6) is 0 Å². The summed E-state index contributed by atoms with van der Waals surface area (Å²) in [5.41, 5.74) is 7.26. The Balaban J connectivity index is 2.31. The number of halogens is 1. The average molecular weight is 250 g/mol. The highest BCUT2D eigenvalue weighted by Gasteiger charge is 2.12. The fraction of sp³-hybridized carbons (Fsp3) is 0.182. The van der Waals surface area contributed by atoms with Crippen molar-refractivity contribution >= 4 is 17.2 Å². The summed E-state index contributed by atoms with van der Waals surface area (Å²) >= 11 is 4.84. The van der Waals surface area contributed by atoms with Gasteiger partial charge in [-0.25, -0.2) is 9.07 Å². The molecule has 2 rings (SSSR count). The van der Waals surface area contributed by atoms with E-state index in [1.807, 2.05) is 0 Å². The number of benzene rings is 1. The standard InChI is InChI=1S/C11H11FN4S/c1-7-10(11(13)17)14-15-16(7)6-8-4-2-3-5-9(8)12/h2-5H,6H2,1H3,(H2,13,17). The van der Waals surface area contributed by atoms with Gasteiger partial charge >= 0.3 is 0 Å². The molecule has 0 fully saturated rings. The molecule has 0 amide bonds. The number of nitrogens with zero attached hydrogens (tertiary/aromatic N) is 3. The Labute approximate surface area is 103 Å². The van der Waals surface area contributed by atoms with Gasteiger partial charge in [-0.2, -0.15) is 0 Å². The number of aromatic nitrogens is 3. The zero-order valence-corrected chi connectivity index (χ0v) is 10.0. The Kier molecular flexibility index (Phi) is 3.14. The SMILES string of the molecule is Cc1c(C(N)=S)nnn1Cc1ccccc1F. The Morgan fingerprint density at radius 3 is 2.76 bits per heavy atom. The van der Waals surface area contributed by atoms with Crippen LogP contribution < -0.4 is 5.73 Å². The summed E-state index contributed by atoms with van der Waals surface area (Å²) in [5.74, 6) is -0.265. The number of rotatable bonds is 3. The number of hydrogen-bond acceptors (Lipinski definition) is 3. The largest absolute Gasteiger partial charge is 0.388 e. The maximum atomic E-state index is 13.5. The first-order chi connectivity index (χ1) is 8.09. The van der Waals surface area contributed by atoms with Crippen molar-refractivity contribution in [2.75, 3.05) is 0 Å². The third-order valence-electron chi connectivity index (χ3n) is 2.49. The average Bonchev–Trinajstić information content (AvgIpc) is 2.64. The number of thiocarbonyl (C=S) groups is 1. The first-order valence-corrected chi connectivity index (χ1v) is 5.43. The highest BCUT2D eigenvalue weighted by Crippen LogP contribution is 2.10. The van der Waals surface area contributed by atoms with Crippen molar-refractivity contribution in [3.05, 3.63) is 47.0 Å². The molecule has 1 aromatic heterocycles. The molecule has 0 radical (unpaired) electrons. The van der Waals surface area contributed by atoms with Gasteiger partial charge in [-0.3, -0.25) is 0 Å². The summed E-state index contributed by atoms with van der Waals surface area (Å²) in [5, 5.41) is 7.77. The molecule has 6 heteroatoms. The Morgan fingerprint density at radius 1 is 1.47 bits per heavy atom. The Hall–Kier alpha value is -1.82. The zero-order chi connectivity index (χ0) is 12.4. The van der Waals surface area contributed by atoms with Crippen LogP contribution >= 0.6 is 12.2 Å². The van der Waals surface area contributed by atoms with Crippen LogP contribution in [0.1, 0.15) is 17.0 Å². The van der Waals surface area contributed by atoms with Gasteiger partial charge in [-0.1, -0.05) is 35.6 Å². The maximum Gasteiger partial charge on any atom is 0.142 e. The van der Waals surface area contributed by atoms with Crippen molar-refractivity contribution in [2.24, 2.45) is 5.73 Å². The van der Waals surface area contributed by atoms with Gasteiger partial charge in [0.25, 0.3) is 0 Å². The molecule has 0 bridgehead atoms. The quantitative estimate of drug-likeness (QED) is 0.837. The van der Waals surface area contributed by atoms with E-state index < -0.39 is 0 Å². The lowest BCUT2D eigenvalue weighted by molar-refractivity contribution is 0.571. The number of hydrogen-bond donors (Lipinski definition) is 1. The summed E-state index contributed by atoms with van der Waals surface area (Å²) in [4.78, 5) is 0.197. The van der Waals surface area contributed by atoms with Crippen LogP contribution in [0.2, 0.25) is 0 Å². The summed E-state index contributed by atoms with van der Waals surface area (Å²) < 4.78 is 15.0. The lowest BCUT2D eigenvalue weighted by Crippen LogP contribution is -2.12. The Bertz CT molecular complexity index is 564. The van der Waals surface area contributed by atoms with Gasteiger partial charge in [-0.15, -0.1) is 5.10 Å². The molecule has 0 aliphatic carbocycles. The van der Waals surface area contributed by atoms with Gasteiger partial charge in [0, 0.05) is 5.56 Å². The molecule has 2 N–H and O–H groups in total. The van der Waals surface area contributed by atoms with E-state index in [0.717, 1.165) is 5.69 Å². The minimum absolute atomic E-state index is 0.197. The summed E-state index contributed by atoms with van der Waals surface area (Å²) in [6, 6.07) is 6.54. The highest BCUT2D eigenvalue weighted by atomic mass is 32.1. The second-order valence-corrected chi connectivity index (χ2v) is 4.08. The van der Waals surface area contributed by atoms with E-state index in [0.29, 0.717) is 17.8 Å². The van der Waals surface area contributed by atoms with Crippen molar-refractivity contribution in [2.45, 2.75) is 13.5 Å². The second-order valence-electron chi connectivity index (χ2n) is 3.64. The van der Waals surface area contributed by atoms with Crippen molar-refractivity contribution in [3.63, 3.8) is 0 Å². The molecular formula is C11H11FN4S. The van der Waals surface area contributed by atoms with Gasteiger partial charge in [-0.05, 0) is 13.0 Å². The van der Waals surface area contributed by atoms with E-state index in [1.165, 1.54) is 6.07 Å². The van der Waals surface area contributed by atoms with Crippen LogP contribution in [0.3, 0.4) is 0 Å². The van der Waals surface area contributed by atoms with E-state index in [9.17, 15) is 4.39 Å². The fourth-order valence-electron chi connectivity index (χ4n) is 1.53. The molecule has 17 heavy (non-hydrogen) atoms. The van der Waals surface area contributed by atoms with E-state index in [-0.39, 0.29) is 10.8 Å². The predicted molar refractivity (Wildman–Crippen MR) is 66.1 cm³/mol. The van der Waals surface area contributed by atoms with Gasteiger partial charge in [0.05, 0.1) is 12.2 Å². The lowest BCUT2D eigenvalue weighted by Gasteiger charge is -2.04. The maximum absolute atomic E-state index is 13.5. The summed E-state index contributed by atoms with van der Waals surface area (Å²) in [6.07, 6.45) is 0. The minimum atomic E-state index is -0.265. The second kappa shape index (κ2) is 4.58. The van der Waals surface area contributed by atoms with Gasteiger partial charge in [0.15, 0.2) is 0 Å². The van der Waals surface area contributed by atoms with Crippen molar-refractivity contribution in [3.8, 4) is 0 Å². The van der Waals surface area contributed by atoms with E-state index in [2.05, 4.69) is 10.3 Å². The van der Waals surface area contributed by atoms with Crippen LogP contribution in [-0.2, 0) is 6.54 Å². The van der Waals surface area contributed by atoms with Crippen molar-refractivity contribution < 1.29 is 4.39 Å². The van der Waals surface area contributed by atoms with Gasteiger partial charge in [0.1, 0.15) is 16.5 Å². The molecule has 2 aromatic rings. The van der Waals surface area contributed by atoms with Crippen LogP contribution in [0.25, 0.3) is 0 Å². The van der Waals surface area contributed by atoms with Crippen molar-refractivity contribution in [1.29, 1.82) is 0 Å². The third-order valence-corrected chi connectivity index (χ3v) is 2.69.